The number of hydrogen-bond acceptors (Lipinski definition) is 4. The zero-order valence-electron chi connectivity index (χ0n) is 13.9. The van der Waals surface area contributed by atoms with E-state index >= 15 is 0 Å². The average molecular weight is 336 g/mol. The summed E-state index contributed by atoms with van der Waals surface area (Å²) in [7, 11) is 0. The van der Waals surface area contributed by atoms with Crippen LogP contribution in [0, 0.1) is 0 Å². The molecule has 6 heteroatoms. The van der Waals surface area contributed by atoms with Gasteiger partial charge < -0.3 is 14.3 Å². The third-order valence-electron chi connectivity index (χ3n) is 4.59. The molecule has 0 unspecified atom stereocenters. The first kappa shape index (κ1) is 15.6. The highest BCUT2D eigenvalue weighted by Gasteiger charge is 2.30. The van der Waals surface area contributed by atoms with Crippen molar-refractivity contribution in [2.45, 2.75) is 31.7 Å². The standard InChI is InChI=1S/C19H20N4O2/c24-18(23-13-5-9-16(23)15-8-4-12-20-15)11-10-17-21-22-19(25-17)14-6-2-1-3-7-14/h1-4,6-8,12,16,20H,5,9-11,13H2/t16-/m0/s1. The number of rotatable bonds is 5. The van der Waals surface area contributed by atoms with E-state index in [0.717, 1.165) is 30.6 Å². The number of aromatic amines is 1. The second kappa shape index (κ2) is 6.93. The third kappa shape index (κ3) is 3.33. The lowest BCUT2D eigenvalue weighted by Crippen LogP contribution is -2.30. The highest BCUT2D eigenvalue weighted by molar-refractivity contribution is 5.77. The molecular formula is C19H20N4O2. The molecule has 1 aliphatic rings. The molecule has 25 heavy (non-hydrogen) atoms. The molecule has 2 aromatic heterocycles. The Labute approximate surface area is 145 Å². The number of aromatic nitrogens is 3. The molecule has 0 aliphatic carbocycles. The van der Waals surface area contributed by atoms with Crippen LogP contribution in [0.2, 0.25) is 0 Å². The van der Waals surface area contributed by atoms with Gasteiger partial charge in [-0.25, -0.2) is 0 Å². The van der Waals surface area contributed by atoms with E-state index in [1.165, 1.54) is 0 Å². The number of amides is 1. The molecule has 0 bridgehead atoms. The molecule has 128 valence electrons. The number of hydrogen-bond donors (Lipinski definition) is 1. The fourth-order valence-corrected chi connectivity index (χ4v) is 3.35. The number of likely N-dealkylation sites (tertiary alicyclic amines) is 1. The molecule has 1 aliphatic heterocycles. The van der Waals surface area contributed by atoms with Gasteiger partial charge in [-0.3, -0.25) is 4.79 Å². The van der Waals surface area contributed by atoms with E-state index in [1.807, 2.05) is 53.6 Å². The van der Waals surface area contributed by atoms with Crippen molar-refractivity contribution < 1.29 is 9.21 Å². The lowest BCUT2D eigenvalue weighted by molar-refractivity contribution is -0.132. The third-order valence-corrected chi connectivity index (χ3v) is 4.59. The number of carbonyl (C=O) groups excluding carboxylic acids is 1. The summed E-state index contributed by atoms with van der Waals surface area (Å²) >= 11 is 0. The van der Waals surface area contributed by atoms with Gasteiger partial charge in [0, 0.05) is 36.8 Å². The molecule has 1 saturated heterocycles. The van der Waals surface area contributed by atoms with Crippen LogP contribution in [0.1, 0.15) is 36.9 Å². The van der Waals surface area contributed by atoms with Gasteiger partial charge in [0.15, 0.2) is 0 Å². The lowest BCUT2D eigenvalue weighted by atomic mass is 10.1. The minimum atomic E-state index is 0.136. The number of nitrogens with one attached hydrogen (secondary N) is 1. The molecule has 4 rings (SSSR count). The monoisotopic (exact) mass is 336 g/mol. The van der Waals surface area contributed by atoms with Crippen LogP contribution in [0.25, 0.3) is 11.5 Å². The van der Waals surface area contributed by atoms with Crippen molar-refractivity contribution in [1.82, 2.24) is 20.1 Å². The molecule has 3 heterocycles. The zero-order valence-corrected chi connectivity index (χ0v) is 13.9. The smallest absolute Gasteiger partial charge is 0.247 e. The summed E-state index contributed by atoms with van der Waals surface area (Å²) in [4.78, 5) is 17.8. The highest BCUT2D eigenvalue weighted by Crippen LogP contribution is 2.31. The summed E-state index contributed by atoms with van der Waals surface area (Å²) in [6.45, 7) is 0.807. The Bertz CT molecular complexity index is 826. The minimum Gasteiger partial charge on any atom is -0.421 e. The van der Waals surface area contributed by atoms with Gasteiger partial charge in [0.05, 0.1) is 6.04 Å². The van der Waals surface area contributed by atoms with E-state index in [2.05, 4.69) is 15.2 Å². The maximum atomic E-state index is 12.6. The Morgan fingerprint density at radius 3 is 2.88 bits per heavy atom. The molecule has 1 fully saturated rings. The van der Waals surface area contributed by atoms with Gasteiger partial charge >= 0.3 is 0 Å². The molecule has 1 atom stereocenters. The maximum Gasteiger partial charge on any atom is 0.247 e. The Kier molecular flexibility index (Phi) is 4.33. The second-order valence-electron chi connectivity index (χ2n) is 6.24. The normalized spacial score (nSPS) is 17.1. The van der Waals surface area contributed by atoms with Gasteiger partial charge in [0.25, 0.3) is 0 Å². The first-order chi connectivity index (χ1) is 12.3. The van der Waals surface area contributed by atoms with Gasteiger partial charge in [0.1, 0.15) is 0 Å². The maximum absolute atomic E-state index is 12.6. The molecule has 1 amide bonds. The summed E-state index contributed by atoms with van der Waals surface area (Å²) in [6, 6.07) is 13.8. The zero-order chi connectivity index (χ0) is 17.1. The number of aryl methyl sites for hydroxylation is 1. The Morgan fingerprint density at radius 2 is 2.08 bits per heavy atom. The van der Waals surface area contributed by atoms with Crippen molar-refractivity contribution in [3.05, 3.63) is 60.2 Å². The van der Waals surface area contributed by atoms with E-state index in [1.54, 1.807) is 0 Å². The SMILES string of the molecule is O=C(CCc1nnc(-c2ccccc2)o1)N1CCC[C@H]1c1ccc[nH]1. The van der Waals surface area contributed by atoms with E-state index in [4.69, 9.17) is 4.42 Å². The Hall–Kier alpha value is -2.89. The van der Waals surface area contributed by atoms with Crippen LogP contribution in [0.15, 0.2) is 53.1 Å². The summed E-state index contributed by atoms with van der Waals surface area (Å²) in [5.41, 5.74) is 1.99. The first-order valence-electron chi connectivity index (χ1n) is 8.62. The predicted octanol–water partition coefficient (Wildman–Crippen LogP) is 3.36. The van der Waals surface area contributed by atoms with Crippen molar-refractivity contribution in [3.63, 3.8) is 0 Å². The quantitative estimate of drug-likeness (QED) is 0.775. The van der Waals surface area contributed by atoms with E-state index in [9.17, 15) is 4.79 Å². The largest absolute Gasteiger partial charge is 0.421 e. The molecule has 0 saturated carbocycles. The fraction of sp³-hybridized carbons (Fsp3) is 0.316. The van der Waals surface area contributed by atoms with Crippen molar-refractivity contribution in [2.75, 3.05) is 6.54 Å². The van der Waals surface area contributed by atoms with Crippen LogP contribution in [0.3, 0.4) is 0 Å². The van der Waals surface area contributed by atoms with Crippen LogP contribution in [-0.2, 0) is 11.2 Å². The van der Waals surface area contributed by atoms with Gasteiger partial charge in [-0.2, -0.15) is 0 Å². The molecular weight excluding hydrogens is 316 g/mol. The summed E-state index contributed by atoms with van der Waals surface area (Å²) in [6.07, 6.45) is 4.79. The number of nitrogens with zero attached hydrogens (tertiary/aromatic N) is 3. The summed E-state index contributed by atoms with van der Waals surface area (Å²) in [5.74, 6) is 1.13. The lowest BCUT2D eigenvalue weighted by Gasteiger charge is -2.23. The topological polar surface area (TPSA) is 75.0 Å². The number of benzene rings is 1. The van der Waals surface area contributed by atoms with Crippen LogP contribution in [0.4, 0.5) is 0 Å². The minimum absolute atomic E-state index is 0.136. The fourth-order valence-electron chi connectivity index (χ4n) is 3.35. The average Bonchev–Trinajstić information content (AvgIpc) is 3.41. The van der Waals surface area contributed by atoms with Gasteiger partial charge in [0.2, 0.25) is 17.7 Å². The number of H-pyrrole nitrogens is 1. The van der Waals surface area contributed by atoms with Crippen LogP contribution < -0.4 is 0 Å². The molecule has 0 radical (unpaired) electrons. The van der Waals surface area contributed by atoms with Gasteiger partial charge in [-0.15, -0.1) is 10.2 Å². The van der Waals surface area contributed by atoms with Crippen LogP contribution >= 0.6 is 0 Å². The van der Waals surface area contributed by atoms with Crippen molar-refractivity contribution in [3.8, 4) is 11.5 Å². The number of carbonyl (C=O) groups is 1. The van der Waals surface area contributed by atoms with Gasteiger partial charge in [-0.1, -0.05) is 18.2 Å². The molecule has 1 aromatic carbocycles. The van der Waals surface area contributed by atoms with Gasteiger partial charge in [-0.05, 0) is 37.1 Å². The highest BCUT2D eigenvalue weighted by atomic mass is 16.4. The predicted molar refractivity (Wildman–Crippen MR) is 92.5 cm³/mol. The van der Waals surface area contributed by atoms with Crippen LogP contribution in [0.5, 0.6) is 0 Å². The molecule has 3 aromatic rings. The Morgan fingerprint density at radius 1 is 1.20 bits per heavy atom. The Balaban J connectivity index is 1.38. The van der Waals surface area contributed by atoms with Crippen molar-refractivity contribution in [2.24, 2.45) is 0 Å². The molecule has 0 spiro atoms. The second-order valence-corrected chi connectivity index (χ2v) is 6.24. The first-order valence-corrected chi connectivity index (χ1v) is 8.62. The van der Waals surface area contributed by atoms with Crippen molar-refractivity contribution >= 4 is 5.91 Å². The summed E-state index contributed by atoms with van der Waals surface area (Å²) < 4.78 is 5.68. The summed E-state index contributed by atoms with van der Waals surface area (Å²) in [5, 5.41) is 8.14. The van der Waals surface area contributed by atoms with E-state index in [0.29, 0.717) is 24.6 Å². The molecule has 1 N–H and O–H groups in total. The van der Waals surface area contributed by atoms with E-state index in [-0.39, 0.29) is 11.9 Å². The van der Waals surface area contributed by atoms with Crippen LogP contribution in [-0.4, -0.2) is 32.5 Å². The molecule has 6 nitrogen and oxygen atoms in total. The van der Waals surface area contributed by atoms with E-state index < -0.39 is 0 Å². The van der Waals surface area contributed by atoms with Crippen molar-refractivity contribution in [1.29, 1.82) is 0 Å².